The first-order valence-electron chi connectivity index (χ1n) is 9.86. The highest BCUT2D eigenvalue weighted by Gasteiger charge is 2.25. The number of hydrogen-bond donors (Lipinski definition) is 1. The fraction of sp³-hybridized carbons (Fsp3) is 0.850. The predicted octanol–water partition coefficient (Wildman–Crippen LogP) is 7.05. The van der Waals surface area contributed by atoms with E-state index in [9.17, 15) is 10.1 Å². The minimum Gasteiger partial charge on any atom is -0.481 e. The van der Waals surface area contributed by atoms with Gasteiger partial charge in [0.15, 0.2) is 0 Å². The molecule has 0 aromatic heterocycles. The molecule has 0 aliphatic heterocycles. The molecule has 150 valence electrons. The Hall–Kier alpha value is -0.250. The van der Waals surface area contributed by atoms with E-state index < -0.39 is 11.4 Å². The highest BCUT2D eigenvalue weighted by atomic mass is 32.2. The number of nitriles is 1. The number of carboxylic acids is 1. The van der Waals surface area contributed by atoms with Crippen LogP contribution in [0.3, 0.4) is 0 Å². The molecule has 0 saturated carbocycles. The van der Waals surface area contributed by atoms with Crippen molar-refractivity contribution in [3.8, 4) is 6.07 Å². The summed E-state index contributed by atoms with van der Waals surface area (Å²) >= 11 is 8.59. The number of carbonyl (C=O) groups is 1. The van der Waals surface area contributed by atoms with Gasteiger partial charge in [-0.1, -0.05) is 76.9 Å². The van der Waals surface area contributed by atoms with E-state index in [4.69, 9.17) is 17.3 Å². The van der Waals surface area contributed by atoms with E-state index in [1.165, 1.54) is 76.0 Å². The van der Waals surface area contributed by atoms with E-state index in [-0.39, 0.29) is 6.42 Å². The van der Waals surface area contributed by atoms with Gasteiger partial charge in [-0.05, 0) is 25.5 Å². The van der Waals surface area contributed by atoms with Crippen LogP contribution in [0.4, 0.5) is 0 Å². The van der Waals surface area contributed by atoms with Gasteiger partial charge in [0.1, 0.15) is 3.53 Å². The third kappa shape index (κ3) is 16.0. The van der Waals surface area contributed by atoms with Crippen LogP contribution in [-0.2, 0) is 4.79 Å². The molecule has 0 amide bonds. The van der Waals surface area contributed by atoms with Gasteiger partial charge in [-0.3, -0.25) is 4.79 Å². The van der Waals surface area contributed by atoms with Crippen molar-refractivity contribution in [3.63, 3.8) is 0 Å². The average Bonchev–Trinajstić information content (AvgIpc) is 2.62. The van der Waals surface area contributed by atoms with Crippen molar-refractivity contribution in [3.05, 3.63) is 0 Å². The fourth-order valence-electron chi connectivity index (χ4n) is 2.55. The highest BCUT2D eigenvalue weighted by molar-refractivity contribution is 8.47. The van der Waals surface area contributed by atoms with E-state index in [1.807, 2.05) is 6.92 Å². The average molecular weight is 418 g/mol. The van der Waals surface area contributed by atoms with Gasteiger partial charge in [0.2, 0.25) is 0 Å². The normalized spacial score (nSPS) is 13.1. The van der Waals surface area contributed by atoms with Crippen molar-refractivity contribution < 1.29 is 9.90 Å². The minimum absolute atomic E-state index is 0.0309. The molecule has 3 nitrogen and oxygen atoms in total. The molecule has 1 unspecified atom stereocenters. The number of unbranched alkanes of at least 4 members (excludes halogenated alkanes) is 9. The van der Waals surface area contributed by atoms with Crippen molar-refractivity contribution in [2.45, 2.75) is 90.9 Å². The third-order valence-electron chi connectivity index (χ3n) is 4.39. The molecule has 0 heterocycles. The maximum Gasteiger partial charge on any atom is 0.303 e. The first-order chi connectivity index (χ1) is 12.4. The Balaban J connectivity index is 3.59. The quantitative estimate of drug-likeness (QED) is 0.214. The molecule has 0 aliphatic carbocycles. The summed E-state index contributed by atoms with van der Waals surface area (Å²) in [6.07, 6.45) is 13.8. The highest BCUT2D eigenvalue weighted by Crippen LogP contribution is 2.30. The lowest BCUT2D eigenvalue weighted by Crippen LogP contribution is -2.19. The van der Waals surface area contributed by atoms with Crippen LogP contribution in [0, 0.1) is 16.7 Å². The molecule has 0 saturated heterocycles. The van der Waals surface area contributed by atoms with E-state index in [0.29, 0.717) is 12.2 Å². The van der Waals surface area contributed by atoms with Crippen LogP contribution in [0.5, 0.6) is 0 Å². The third-order valence-corrected chi connectivity index (χ3v) is 7.55. The maximum atomic E-state index is 10.7. The van der Waals surface area contributed by atoms with E-state index >= 15 is 0 Å². The number of carboxylic acid groups (broad SMARTS) is 1. The van der Waals surface area contributed by atoms with Crippen molar-refractivity contribution >= 4 is 45.2 Å². The van der Waals surface area contributed by atoms with Crippen LogP contribution in [0.1, 0.15) is 90.9 Å². The molecule has 6 heteroatoms. The lowest BCUT2D eigenvalue weighted by Gasteiger charge is -2.19. The molecule has 0 rings (SSSR count). The molecule has 0 bridgehead atoms. The van der Waals surface area contributed by atoms with Crippen molar-refractivity contribution in [2.24, 2.45) is 5.41 Å². The van der Waals surface area contributed by atoms with E-state index in [0.717, 1.165) is 9.28 Å². The zero-order valence-corrected chi connectivity index (χ0v) is 18.9. The van der Waals surface area contributed by atoms with Gasteiger partial charge in [0.25, 0.3) is 0 Å². The molecular weight excluding hydrogens is 382 g/mol. The van der Waals surface area contributed by atoms with Gasteiger partial charge < -0.3 is 5.11 Å². The zero-order chi connectivity index (χ0) is 19.7. The van der Waals surface area contributed by atoms with E-state index in [2.05, 4.69) is 13.0 Å². The number of rotatable bonds is 16. The van der Waals surface area contributed by atoms with Crippen LogP contribution in [0.25, 0.3) is 0 Å². The minimum atomic E-state index is -0.852. The first kappa shape index (κ1) is 25.8. The standard InChI is InChI=1S/C20H35NO2S3/c1-3-4-5-6-7-8-9-10-11-12-15-25-19(24)26-17-20(2,16-21)14-13-18(22)23/h3-15,17H2,1-2H3,(H,22,23). The zero-order valence-electron chi connectivity index (χ0n) is 16.4. The summed E-state index contributed by atoms with van der Waals surface area (Å²) in [7, 11) is 0. The van der Waals surface area contributed by atoms with Crippen LogP contribution in [-0.4, -0.2) is 26.1 Å². The van der Waals surface area contributed by atoms with Gasteiger partial charge in [-0.25, -0.2) is 0 Å². The SMILES string of the molecule is CCCCCCCCCCCCSC(=S)SCC(C)(C#N)CCC(=O)O. The van der Waals surface area contributed by atoms with Gasteiger partial charge in [0, 0.05) is 12.2 Å². The number of thiocarbonyl (C=S) groups is 1. The first-order valence-corrected chi connectivity index (χ1v) is 12.2. The summed E-state index contributed by atoms with van der Waals surface area (Å²) in [6.45, 7) is 4.07. The predicted molar refractivity (Wildman–Crippen MR) is 120 cm³/mol. The number of hydrogen-bond acceptors (Lipinski definition) is 5. The smallest absolute Gasteiger partial charge is 0.303 e. The summed E-state index contributed by atoms with van der Waals surface area (Å²) in [6, 6.07) is 2.25. The summed E-state index contributed by atoms with van der Waals surface area (Å²) in [5.74, 6) is 0.760. The Morgan fingerprint density at radius 1 is 1.04 bits per heavy atom. The molecule has 26 heavy (non-hydrogen) atoms. The maximum absolute atomic E-state index is 10.7. The van der Waals surface area contributed by atoms with Crippen LogP contribution >= 0.6 is 35.7 Å². The second-order valence-corrected chi connectivity index (χ2v) is 10.4. The second-order valence-electron chi connectivity index (χ2n) is 7.14. The Labute approximate surface area is 174 Å². The van der Waals surface area contributed by atoms with Gasteiger partial charge in [-0.2, -0.15) is 5.26 Å². The van der Waals surface area contributed by atoms with Gasteiger partial charge in [0.05, 0.1) is 11.5 Å². The molecule has 0 spiro atoms. The number of aliphatic carboxylic acids is 1. The van der Waals surface area contributed by atoms with Gasteiger partial charge >= 0.3 is 5.97 Å². The molecule has 0 aliphatic rings. The Bertz CT molecular complexity index is 437. The summed E-state index contributed by atoms with van der Waals surface area (Å²) in [4.78, 5) is 10.7. The lowest BCUT2D eigenvalue weighted by atomic mass is 9.89. The fourth-order valence-corrected chi connectivity index (χ4v) is 4.90. The van der Waals surface area contributed by atoms with Crippen LogP contribution in [0.2, 0.25) is 0 Å². The van der Waals surface area contributed by atoms with E-state index in [1.54, 1.807) is 11.8 Å². The van der Waals surface area contributed by atoms with Crippen molar-refractivity contribution in [2.75, 3.05) is 11.5 Å². The lowest BCUT2D eigenvalue weighted by molar-refractivity contribution is -0.137. The molecule has 0 aromatic rings. The topological polar surface area (TPSA) is 61.1 Å². The number of thioether (sulfide) groups is 2. The summed E-state index contributed by atoms with van der Waals surface area (Å²) in [5, 5.41) is 18.1. The van der Waals surface area contributed by atoms with Crippen molar-refractivity contribution in [1.29, 1.82) is 5.26 Å². The van der Waals surface area contributed by atoms with Crippen LogP contribution < -0.4 is 0 Å². The largest absolute Gasteiger partial charge is 0.481 e. The Kier molecular flexibility index (Phi) is 16.7. The summed E-state index contributed by atoms with van der Waals surface area (Å²) in [5.41, 5.74) is -0.620. The van der Waals surface area contributed by atoms with Crippen molar-refractivity contribution in [1.82, 2.24) is 0 Å². The second kappa shape index (κ2) is 16.9. The Morgan fingerprint density at radius 3 is 2.08 bits per heavy atom. The molecule has 1 atom stereocenters. The van der Waals surface area contributed by atoms with Gasteiger partial charge in [-0.15, -0.1) is 23.5 Å². The summed E-state index contributed by atoms with van der Waals surface area (Å²) < 4.78 is 0.873. The number of nitrogens with zero attached hydrogens (tertiary/aromatic N) is 1. The van der Waals surface area contributed by atoms with Crippen LogP contribution in [0.15, 0.2) is 0 Å². The molecule has 0 radical (unpaired) electrons. The molecule has 1 N–H and O–H groups in total. The monoisotopic (exact) mass is 417 g/mol. The Morgan fingerprint density at radius 2 is 1.58 bits per heavy atom. The molecule has 0 aromatic carbocycles. The molecular formula is C20H35NO2S3. The molecule has 0 fully saturated rings.